The molecular weight excluding hydrogens is 695 g/mol. The van der Waals surface area contributed by atoms with Crippen LogP contribution in [0, 0.1) is 19.8 Å². The van der Waals surface area contributed by atoms with Crippen LogP contribution < -0.4 is 0 Å². The molecule has 2 aliphatic carbocycles. The van der Waals surface area contributed by atoms with Crippen LogP contribution in [0.4, 0.5) is 0 Å². The molecule has 46 heavy (non-hydrogen) atoms. The predicted molar refractivity (Wildman–Crippen MR) is 203 cm³/mol. The zero-order valence-corrected chi connectivity index (χ0v) is 33.1. The summed E-state index contributed by atoms with van der Waals surface area (Å²) in [7, 11) is 17.3. The van der Waals surface area contributed by atoms with Crippen molar-refractivity contribution < 1.29 is 15.6 Å². The standard InChI is InChI=1S/C21H17.C19H19.C2H7Si.2ClH.Zr/c1-14-12-20-15(2)10-11-19(21(20)13-14)18-9-5-7-16-6-3-4-8-17(16)18;1-13(2)17-11-16-5-4-6-18(19(16)12-17)15-9-7-14(3)8-10-15;1-3-2;;;/h3-13H,1-2H3;4-13H,1-3H3;3H,1-2H3;2*1H;/q;;;;;+2/p-2. The summed E-state index contributed by atoms with van der Waals surface area (Å²) in [5, 5.41) is 2.54. The van der Waals surface area contributed by atoms with E-state index in [1.165, 1.54) is 77.6 Å². The van der Waals surface area contributed by atoms with E-state index in [-0.39, 0.29) is 7.25 Å². The van der Waals surface area contributed by atoms with E-state index in [1.54, 1.807) is 0 Å². The molecule has 2 aliphatic rings. The molecule has 2 atom stereocenters. The van der Waals surface area contributed by atoms with Gasteiger partial charge in [0, 0.05) is 0 Å². The van der Waals surface area contributed by atoms with Crippen molar-refractivity contribution in [2.24, 2.45) is 5.92 Å². The molecule has 0 spiro atoms. The van der Waals surface area contributed by atoms with Crippen molar-refractivity contribution in [1.82, 2.24) is 0 Å². The fourth-order valence-corrected chi connectivity index (χ4v) is 40.8. The van der Waals surface area contributed by atoms with Gasteiger partial charge in [0.1, 0.15) is 0 Å². The number of benzene rings is 5. The van der Waals surface area contributed by atoms with Gasteiger partial charge in [0.2, 0.25) is 0 Å². The second-order valence-electron chi connectivity index (χ2n) is 14.4. The van der Waals surface area contributed by atoms with Crippen molar-refractivity contribution in [3.63, 3.8) is 0 Å². The average molecular weight is 738 g/mol. The Balaban J connectivity index is 1.47. The summed E-state index contributed by atoms with van der Waals surface area (Å²) in [5.74, 6) is -1.30. The summed E-state index contributed by atoms with van der Waals surface area (Å²) in [6.07, 6.45) is 4.92. The van der Waals surface area contributed by atoms with Gasteiger partial charge >= 0.3 is 286 Å². The van der Waals surface area contributed by atoms with Crippen LogP contribution in [-0.2, 0) is 15.6 Å². The second-order valence-corrected chi connectivity index (χ2v) is 56.9. The Morgan fingerprint density at radius 1 is 0.652 bits per heavy atom. The maximum absolute atomic E-state index is 8.67. The average Bonchev–Trinajstić information content (AvgIpc) is 3.62. The first kappa shape index (κ1) is 32.1. The zero-order valence-electron chi connectivity index (χ0n) is 28.0. The van der Waals surface area contributed by atoms with Gasteiger partial charge in [-0.15, -0.1) is 0 Å². The number of rotatable bonds is 6. The number of allylic oxidation sites excluding steroid dienone is 2. The molecule has 0 nitrogen and oxygen atoms in total. The minimum atomic E-state index is -4.85. The summed E-state index contributed by atoms with van der Waals surface area (Å²) in [4.78, 5) is 0. The van der Waals surface area contributed by atoms with E-state index >= 15 is 0 Å². The van der Waals surface area contributed by atoms with E-state index in [4.69, 9.17) is 17.0 Å². The zero-order chi connectivity index (χ0) is 32.6. The molecule has 5 aromatic rings. The number of fused-ring (bicyclic) bond motifs is 3. The molecule has 0 amide bonds. The fraction of sp³-hybridized carbons (Fsp3) is 0.238. The minimum absolute atomic E-state index is 0.0718. The molecule has 0 N–H and O–H groups in total. The second kappa shape index (κ2) is 11.6. The van der Waals surface area contributed by atoms with Gasteiger partial charge in [-0.1, -0.05) is 0 Å². The molecule has 7 rings (SSSR count). The molecule has 0 saturated heterocycles. The Hall–Kier alpha value is -2.48. The molecule has 2 unspecified atom stereocenters. The van der Waals surface area contributed by atoms with E-state index in [0.29, 0.717) is 5.92 Å². The van der Waals surface area contributed by atoms with Crippen LogP contribution in [0.3, 0.4) is 0 Å². The molecule has 0 bridgehead atoms. The van der Waals surface area contributed by atoms with Crippen molar-refractivity contribution in [2.75, 3.05) is 0 Å². The van der Waals surface area contributed by atoms with Crippen molar-refractivity contribution >= 4 is 45.9 Å². The number of hydrogen-bond donors (Lipinski definition) is 0. The maximum atomic E-state index is 8.67. The van der Waals surface area contributed by atoms with Crippen LogP contribution in [0.5, 0.6) is 0 Å². The van der Waals surface area contributed by atoms with Crippen LogP contribution in [-0.4, -0.2) is 5.92 Å². The molecule has 0 aromatic heterocycles. The Morgan fingerprint density at radius 2 is 1.33 bits per heavy atom. The molecule has 0 saturated carbocycles. The molecular formula is C42H43Cl2SiZr. The predicted octanol–water partition coefficient (Wildman–Crippen LogP) is 13.0. The molecule has 0 aliphatic heterocycles. The van der Waals surface area contributed by atoms with Gasteiger partial charge in [0.25, 0.3) is 0 Å². The van der Waals surface area contributed by atoms with Crippen molar-refractivity contribution in [1.29, 1.82) is 0 Å². The Bertz CT molecular complexity index is 2080. The van der Waals surface area contributed by atoms with Crippen molar-refractivity contribution in [2.45, 2.75) is 55.0 Å². The van der Waals surface area contributed by atoms with Gasteiger partial charge in [-0.25, -0.2) is 0 Å². The molecule has 4 heteroatoms. The Labute approximate surface area is 284 Å². The van der Waals surface area contributed by atoms with Gasteiger partial charge in [0.15, 0.2) is 0 Å². The Morgan fingerprint density at radius 3 is 2.04 bits per heavy atom. The summed E-state index contributed by atoms with van der Waals surface area (Å²) in [5.41, 5.74) is 15.8. The Kier molecular flexibility index (Phi) is 8.09. The van der Waals surface area contributed by atoms with E-state index in [1.807, 2.05) is 0 Å². The van der Waals surface area contributed by atoms with Crippen LogP contribution in [0.2, 0.25) is 13.1 Å². The quantitative estimate of drug-likeness (QED) is 0.152. The van der Waals surface area contributed by atoms with Gasteiger partial charge in [0.05, 0.1) is 0 Å². The van der Waals surface area contributed by atoms with Crippen LogP contribution in [0.15, 0.2) is 108 Å². The number of halogens is 2. The monoisotopic (exact) mass is 735 g/mol. The third kappa shape index (κ3) is 4.77. The first-order valence-corrected chi connectivity index (χ1v) is 33.0. The van der Waals surface area contributed by atoms with Crippen LogP contribution in [0.25, 0.3) is 45.2 Å². The van der Waals surface area contributed by atoms with Gasteiger partial charge in [-0.2, -0.15) is 0 Å². The summed E-state index contributed by atoms with van der Waals surface area (Å²) < 4.78 is 0.152. The number of hydrogen-bond acceptors (Lipinski definition) is 0. The van der Waals surface area contributed by atoms with Crippen LogP contribution >= 0.6 is 17.0 Å². The first-order valence-electron chi connectivity index (χ1n) is 16.7. The van der Waals surface area contributed by atoms with E-state index in [2.05, 4.69) is 157 Å². The normalized spacial score (nSPS) is 18.4. The van der Waals surface area contributed by atoms with Crippen LogP contribution in [0.1, 0.15) is 61.4 Å². The third-order valence-corrected chi connectivity index (χ3v) is 62.9. The van der Waals surface area contributed by atoms with E-state index in [9.17, 15) is 0 Å². The van der Waals surface area contributed by atoms with E-state index < -0.39 is 21.5 Å². The van der Waals surface area contributed by atoms with Crippen molar-refractivity contribution in [3.05, 3.63) is 142 Å². The molecule has 0 radical (unpaired) electrons. The van der Waals surface area contributed by atoms with Gasteiger partial charge < -0.3 is 0 Å². The van der Waals surface area contributed by atoms with Gasteiger partial charge in [-0.05, 0) is 0 Å². The first-order chi connectivity index (χ1) is 21.9. The van der Waals surface area contributed by atoms with Crippen molar-refractivity contribution in [3.8, 4) is 22.3 Å². The number of aryl methyl sites for hydroxylation is 2. The fourth-order valence-electron chi connectivity index (χ4n) is 8.59. The molecule has 0 fully saturated rings. The van der Waals surface area contributed by atoms with Gasteiger partial charge in [-0.3, -0.25) is 0 Å². The molecule has 5 aromatic carbocycles. The third-order valence-electron chi connectivity index (χ3n) is 11.0. The van der Waals surface area contributed by atoms with E-state index in [0.717, 1.165) is 0 Å². The molecule has 233 valence electrons. The topological polar surface area (TPSA) is 0 Å². The summed E-state index contributed by atoms with van der Waals surface area (Å²) in [6, 6.07) is 35.8. The molecule has 0 heterocycles. The summed E-state index contributed by atoms with van der Waals surface area (Å²) >= 11 is -4.85. The summed E-state index contributed by atoms with van der Waals surface area (Å²) in [6.45, 7) is 16.3. The SMILES string of the molecule is CC1=Cc2c(-c3cccc4ccccc34)ccc(C)c2[CH]1[Zr]([Cl])([Cl])([CH]1C(C(C)C)=Cc2c(-c3ccc(C)cc3)cccc21)[SiH](C)C.